The van der Waals surface area contributed by atoms with Crippen molar-refractivity contribution < 1.29 is 63.2 Å². The maximum atomic E-state index is 5.28. The number of hydrogen-bond acceptors (Lipinski definition) is 12. The third-order valence-electron chi connectivity index (χ3n) is 13.3. The maximum Gasteiger partial charge on any atom is 0.144 e. The van der Waals surface area contributed by atoms with E-state index in [-0.39, 0.29) is 80.9 Å². The fourth-order valence-corrected chi connectivity index (χ4v) is 9.17. The van der Waals surface area contributed by atoms with Crippen molar-refractivity contribution in [1.82, 2.24) is 73.5 Å². The quantitative estimate of drug-likeness (QED) is 0.113. The van der Waals surface area contributed by atoms with Gasteiger partial charge in [-0.25, -0.2) is 49.0 Å². The van der Waals surface area contributed by atoms with E-state index in [9.17, 15) is 0 Å². The summed E-state index contributed by atoms with van der Waals surface area (Å²) < 4.78 is 6.20. The molecule has 0 fully saturated rings. The molecular weight excluding hydrogens is 1550 g/mol. The van der Waals surface area contributed by atoms with Crippen LogP contribution in [0.15, 0.2) is 93.0 Å². The Bertz CT molecular complexity index is 3610. The molecule has 0 bridgehead atoms. The third kappa shape index (κ3) is 19.6. The number of aryl methyl sites for hydroxylation is 8. The summed E-state index contributed by atoms with van der Waals surface area (Å²) in [6, 6.07) is 9.40. The molecule has 3 aliphatic carbocycles. The third-order valence-corrected chi connectivity index (χ3v) is 13.3. The van der Waals surface area contributed by atoms with Crippen LogP contribution in [0.25, 0.3) is 51.3 Å². The number of allylic oxidation sites excluding steroid dienone is 6. The zero-order valence-electron chi connectivity index (χ0n) is 49.2. The van der Waals surface area contributed by atoms with Gasteiger partial charge in [0.25, 0.3) is 0 Å². The van der Waals surface area contributed by atoms with Crippen LogP contribution in [0.1, 0.15) is 145 Å². The van der Waals surface area contributed by atoms with E-state index in [4.69, 9.17) is 6.58 Å². The second-order valence-corrected chi connectivity index (χ2v) is 20.1. The SMILES string of the molecule is Cn1cc2c3c(ncnc31)C=CC=C2.Cn1cc2c3c(ncnc31)CCC=C2.Cn1cc2c3c(ncnc31)CCCC2.[CH-]=CCCc1[c-]c(C([CH2-])C)ncn1.[CH2-]C=CCc1[c-]c(C([CH2-])C)ncn1.[CH2-]CCCc1[c-]c(C([CH2-])C)ncn1.[W].[W].[W]. The van der Waals surface area contributed by atoms with E-state index < -0.39 is 0 Å². The van der Waals surface area contributed by atoms with Crippen LogP contribution in [-0.4, -0.2) is 73.5 Å². The van der Waals surface area contributed by atoms with Gasteiger partial charge < -0.3 is 66.2 Å². The van der Waals surface area contributed by atoms with Gasteiger partial charge >= 0.3 is 0 Å². The first-order valence-corrected chi connectivity index (χ1v) is 27.6. The van der Waals surface area contributed by atoms with Crippen LogP contribution in [0, 0.1) is 59.4 Å². The number of rotatable bonds is 11. The van der Waals surface area contributed by atoms with Crippen LogP contribution in [0.2, 0.25) is 0 Å². The summed E-state index contributed by atoms with van der Waals surface area (Å²) >= 11 is 0. The van der Waals surface area contributed by atoms with Gasteiger partial charge in [-0.3, -0.25) is 36.0 Å². The van der Waals surface area contributed by atoms with Crippen molar-refractivity contribution in [2.45, 2.75) is 116 Å². The molecule has 0 radical (unpaired) electrons. The van der Waals surface area contributed by atoms with Crippen molar-refractivity contribution in [2.75, 3.05) is 0 Å². The van der Waals surface area contributed by atoms with E-state index in [2.05, 4.69) is 166 Å². The van der Waals surface area contributed by atoms with Gasteiger partial charge in [0.05, 0.1) is 22.5 Å². The predicted molar refractivity (Wildman–Crippen MR) is 325 cm³/mol. The van der Waals surface area contributed by atoms with Crippen molar-refractivity contribution in [3.05, 3.63) is 220 Å². The zero-order chi connectivity index (χ0) is 57.7. The molecule has 15 nitrogen and oxygen atoms in total. The molecule has 84 heavy (non-hydrogen) atoms. The normalized spacial score (nSPS) is 13.3. The van der Waals surface area contributed by atoms with E-state index in [0.29, 0.717) is 0 Å². The van der Waals surface area contributed by atoms with Crippen molar-refractivity contribution in [3.63, 3.8) is 0 Å². The minimum absolute atomic E-state index is 0. The second kappa shape index (κ2) is 35.9. The summed E-state index contributed by atoms with van der Waals surface area (Å²) in [5.41, 5.74) is 15.8. The van der Waals surface area contributed by atoms with Gasteiger partial charge in [-0.15, -0.1) is 17.1 Å². The van der Waals surface area contributed by atoms with Crippen LogP contribution in [-0.2, 0) is 123 Å². The average molecular weight is 1630 g/mol. The van der Waals surface area contributed by atoms with E-state index in [1.807, 2.05) is 63.7 Å². The Morgan fingerprint density at radius 1 is 0.560 bits per heavy atom. The summed E-state index contributed by atoms with van der Waals surface area (Å²) in [5.74, 6) is 0.496. The van der Waals surface area contributed by atoms with Gasteiger partial charge in [0.2, 0.25) is 0 Å². The van der Waals surface area contributed by atoms with E-state index in [0.717, 1.165) is 120 Å². The maximum absolute atomic E-state index is 5.28. The summed E-state index contributed by atoms with van der Waals surface area (Å²) in [6.45, 7) is 30.3. The van der Waals surface area contributed by atoms with Crippen LogP contribution in [0.4, 0.5) is 0 Å². The van der Waals surface area contributed by atoms with E-state index >= 15 is 0 Å². The summed E-state index contributed by atoms with van der Waals surface area (Å²) in [4.78, 5) is 50.5. The van der Waals surface area contributed by atoms with Crippen molar-refractivity contribution in [2.24, 2.45) is 21.1 Å². The molecular formula is C66H74N15W3-9. The molecule has 0 aromatic carbocycles. The average Bonchev–Trinajstić information content (AvgIpc) is 2.66. The fourth-order valence-electron chi connectivity index (χ4n) is 9.17. The number of hydrogen-bond donors (Lipinski definition) is 0. The van der Waals surface area contributed by atoms with Gasteiger partial charge in [-0.05, 0) is 63.0 Å². The fraction of sp³-hybridized carbons (Fsp3) is 0.318. The minimum Gasteiger partial charge on any atom is -0.518 e. The smallest absolute Gasteiger partial charge is 0.144 e. The summed E-state index contributed by atoms with van der Waals surface area (Å²) in [7, 11) is 6.09. The molecule has 18 heteroatoms. The van der Waals surface area contributed by atoms with Crippen LogP contribution in [0.5, 0.6) is 0 Å². The molecule has 3 aliphatic rings. The van der Waals surface area contributed by atoms with E-state index in [1.165, 1.54) is 58.1 Å². The van der Waals surface area contributed by atoms with Crippen molar-refractivity contribution in [1.29, 1.82) is 0 Å². The summed E-state index contributed by atoms with van der Waals surface area (Å²) in [6.07, 6.45) is 46.1. The largest absolute Gasteiger partial charge is 0.518 e. The van der Waals surface area contributed by atoms with Crippen LogP contribution in [0.3, 0.4) is 0 Å². The molecule has 3 atom stereocenters. The number of nitrogens with zero attached hydrogens (tertiary/aromatic N) is 15. The molecule has 9 aromatic heterocycles. The van der Waals surface area contributed by atoms with E-state index in [1.54, 1.807) is 50.1 Å². The molecule has 0 saturated carbocycles. The van der Waals surface area contributed by atoms with Crippen LogP contribution < -0.4 is 0 Å². The first kappa shape index (κ1) is 70.2. The molecule has 0 spiro atoms. The Morgan fingerprint density at radius 3 is 1.63 bits per heavy atom. The number of unbranched alkanes of at least 4 members (excludes halogenated alkanes) is 1. The molecule has 9 heterocycles. The molecule has 0 saturated heterocycles. The van der Waals surface area contributed by atoms with Crippen LogP contribution >= 0.6 is 0 Å². The molecule has 12 rings (SSSR count). The Morgan fingerprint density at radius 2 is 1.05 bits per heavy atom. The van der Waals surface area contributed by atoms with Gasteiger partial charge in [0, 0.05) is 125 Å². The monoisotopic (exact) mass is 1630 g/mol. The van der Waals surface area contributed by atoms with Gasteiger partial charge in [-0.1, -0.05) is 70.4 Å². The molecule has 440 valence electrons. The van der Waals surface area contributed by atoms with Gasteiger partial charge in [0.15, 0.2) is 0 Å². The Kier molecular flexibility index (Phi) is 30.0. The first-order chi connectivity index (χ1) is 39.3. The second-order valence-electron chi connectivity index (χ2n) is 20.1. The standard InChI is InChI=1S/C11H13N3.C11H11N3.C11H9N3.C11H15N2.2C11H13N2.3W/c3*1-14-6-8-4-2-3-5-9-10(8)11(14)13-7-12-9;3*1-4-5-6-10-7-11(9(2)3)13-8-12-10;;;/h6-7H,2-5H2,1H3;2,4,6-7H,3,5H2,1H3;2-7H,1H3;8-9H,1-2,4-6H2,3H3;4-5,8-9H,1-2,6H2,3H3;1,4,8-9H,2,5-6H2,3H3;;;/q;;;3*-3;;;. The molecule has 3 unspecified atom stereocenters. The molecule has 0 N–H and O–H groups in total. The number of aromatic nitrogens is 15. The Labute approximate surface area is 541 Å². The Hall–Kier alpha value is -6.27. The molecule has 9 aromatic rings. The van der Waals surface area contributed by atoms with Crippen molar-refractivity contribution >= 4 is 51.3 Å². The zero-order valence-corrected chi connectivity index (χ0v) is 58.0. The van der Waals surface area contributed by atoms with Crippen molar-refractivity contribution in [3.8, 4) is 0 Å². The minimum atomic E-state index is 0. The summed E-state index contributed by atoms with van der Waals surface area (Å²) in [5, 5.41) is 3.68. The topological polar surface area (TPSA) is 169 Å². The predicted octanol–water partition coefficient (Wildman–Crippen LogP) is 12.4. The Balaban J connectivity index is 0.000000215. The molecule has 0 aliphatic heterocycles. The molecule has 0 amide bonds. The van der Waals surface area contributed by atoms with Gasteiger partial charge in [0.1, 0.15) is 54.9 Å². The first-order valence-electron chi connectivity index (χ1n) is 27.6. The van der Waals surface area contributed by atoms with Gasteiger partial charge in [-0.2, -0.15) is 41.3 Å².